The molecule has 0 aromatic heterocycles. The topological polar surface area (TPSA) is 37.4 Å². The van der Waals surface area contributed by atoms with Crippen LogP contribution in [-0.4, -0.2) is 25.0 Å². The fraction of sp³-hybridized carbons (Fsp3) is 0.538. The molecule has 18 heavy (non-hydrogen) atoms. The SMILES string of the molecule is CCCS(=O)(=O)N1CCC[C@H]1c1ccccc1F. The number of benzene rings is 1. The first-order valence-corrected chi connectivity index (χ1v) is 7.91. The summed E-state index contributed by atoms with van der Waals surface area (Å²) < 4.78 is 39.5. The predicted octanol–water partition coefficient (Wildman–Crippen LogP) is 2.70. The van der Waals surface area contributed by atoms with Crippen molar-refractivity contribution in [3.63, 3.8) is 0 Å². The summed E-state index contributed by atoms with van der Waals surface area (Å²) in [5, 5.41) is 0. The zero-order chi connectivity index (χ0) is 13.2. The fourth-order valence-electron chi connectivity index (χ4n) is 2.50. The van der Waals surface area contributed by atoms with Gasteiger partial charge in [-0.2, -0.15) is 4.31 Å². The van der Waals surface area contributed by atoms with Crippen LogP contribution in [0.25, 0.3) is 0 Å². The molecule has 0 radical (unpaired) electrons. The largest absolute Gasteiger partial charge is 0.214 e. The molecule has 0 bridgehead atoms. The molecule has 0 aliphatic carbocycles. The average molecular weight is 271 g/mol. The molecule has 2 rings (SSSR count). The maximum Gasteiger partial charge on any atom is 0.214 e. The zero-order valence-corrected chi connectivity index (χ0v) is 11.3. The molecule has 1 aromatic rings. The minimum Gasteiger partial charge on any atom is -0.212 e. The number of nitrogens with zero attached hydrogens (tertiary/aromatic N) is 1. The van der Waals surface area contributed by atoms with Gasteiger partial charge in [0.15, 0.2) is 0 Å². The minimum absolute atomic E-state index is 0.137. The molecule has 0 saturated carbocycles. The van der Waals surface area contributed by atoms with Crippen molar-refractivity contribution in [1.29, 1.82) is 0 Å². The van der Waals surface area contributed by atoms with Crippen molar-refractivity contribution in [2.24, 2.45) is 0 Å². The van der Waals surface area contributed by atoms with Crippen molar-refractivity contribution in [1.82, 2.24) is 4.31 Å². The summed E-state index contributed by atoms with van der Waals surface area (Å²) in [7, 11) is -3.26. The van der Waals surface area contributed by atoms with Crippen LogP contribution in [-0.2, 0) is 10.0 Å². The van der Waals surface area contributed by atoms with E-state index in [2.05, 4.69) is 0 Å². The van der Waals surface area contributed by atoms with Gasteiger partial charge in [-0.15, -0.1) is 0 Å². The summed E-state index contributed by atoms with van der Waals surface area (Å²) in [5.41, 5.74) is 0.495. The summed E-state index contributed by atoms with van der Waals surface area (Å²) in [6.45, 7) is 2.34. The first-order valence-electron chi connectivity index (χ1n) is 6.30. The van der Waals surface area contributed by atoms with Crippen molar-refractivity contribution in [3.05, 3.63) is 35.6 Å². The highest BCUT2D eigenvalue weighted by Crippen LogP contribution is 2.35. The molecule has 1 aliphatic rings. The maximum atomic E-state index is 13.8. The molecule has 1 fully saturated rings. The van der Waals surface area contributed by atoms with Gasteiger partial charge in [-0.1, -0.05) is 25.1 Å². The third-order valence-corrected chi connectivity index (χ3v) is 5.36. The Kier molecular flexibility index (Phi) is 4.02. The molecular weight excluding hydrogens is 253 g/mol. The van der Waals surface area contributed by atoms with Gasteiger partial charge < -0.3 is 0 Å². The third kappa shape index (κ3) is 2.57. The number of rotatable bonds is 4. The van der Waals surface area contributed by atoms with Crippen LogP contribution in [0.15, 0.2) is 24.3 Å². The van der Waals surface area contributed by atoms with Crippen molar-refractivity contribution in [2.45, 2.75) is 32.2 Å². The van der Waals surface area contributed by atoms with Crippen LogP contribution in [0.4, 0.5) is 4.39 Å². The molecule has 1 atom stereocenters. The Hall–Kier alpha value is -0.940. The lowest BCUT2D eigenvalue weighted by Crippen LogP contribution is -2.32. The standard InChI is InChI=1S/C13H18FNO2S/c1-2-10-18(16,17)15-9-5-8-13(15)11-6-3-4-7-12(11)14/h3-4,6-7,13H,2,5,8-10H2,1H3/t13-/m0/s1. The maximum absolute atomic E-state index is 13.8. The summed E-state index contributed by atoms with van der Waals surface area (Å²) in [4.78, 5) is 0. The van der Waals surface area contributed by atoms with E-state index in [0.717, 1.165) is 6.42 Å². The van der Waals surface area contributed by atoms with Crippen molar-refractivity contribution >= 4 is 10.0 Å². The predicted molar refractivity (Wildman–Crippen MR) is 69.2 cm³/mol. The lowest BCUT2D eigenvalue weighted by Gasteiger charge is -2.24. The minimum atomic E-state index is -3.26. The van der Waals surface area contributed by atoms with E-state index in [-0.39, 0.29) is 17.6 Å². The first-order chi connectivity index (χ1) is 8.56. The van der Waals surface area contributed by atoms with E-state index in [0.29, 0.717) is 24.9 Å². The number of hydrogen-bond acceptors (Lipinski definition) is 2. The molecule has 1 aromatic carbocycles. The van der Waals surface area contributed by atoms with Crippen LogP contribution < -0.4 is 0 Å². The van der Waals surface area contributed by atoms with Gasteiger partial charge >= 0.3 is 0 Å². The molecule has 0 N–H and O–H groups in total. The summed E-state index contributed by atoms with van der Waals surface area (Å²) in [6, 6.07) is 6.11. The number of hydrogen-bond donors (Lipinski definition) is 0. The third-order valence-electron chi connectivity index (χ3n) is 3.29. The van der Waals surface area contributed by atoms with Gasteiger partial charge in [0.25, 0.3) is 0 Å². The molecule has 0 spiro atoms. The highest BCUT2D eigenvalue weighted by Gasteiger charge is 2.35. The molecule has 1 saturated heterocycles. The normalized spacial score (nSPS) is 21.3. The lowest BCUT2D eigenvalue weighted by molar-refractivity contribution is 0.386. The van der Waals surface area contributed by atoms with E-state index in [1.165, 1.54) is 10.4 Å². The average Bonchev–Trinajstić information content (AvgIpc) is 2.79. The zero-order valence-electron chi connectivity index (χ0n) is 10.5. The van der Waals surface area contributed by atoms with Crippen molar-refractivity contribution < 1.29 is 12.8 Å². The quantitative estimate of drug-likeness (QED) is 0.844. The van der Waals surface area contributed by atoms with Crippen molar-refractivity contribution in [2.75, 3.05) is 12.3 Å². The van der Waals surface area contributed by atoms with Crippen LogP contribution in [0.2, 0.25) is 0 Å². The monoisotopic (exact) mass is 271 g/mol. The summed E-state index contributed by atoms with van der Waals surface area (Å²) >= 11 is 0. The Morgan fingerprint density at radius 2 is 2.11 bits per heavy atom. The van der Waals surface area contributed by atoms with E-state index in [1.807, 2.05) is 6.92 Å². The van der Waals surface area contributed by atoms with Crippen LogP contribution in [0.1, 0.15) is 37.8 Å². The number of sulfonamides is 1. The molecule has 3 nitrogen and oxygen atoms in total. The Morgan fingerprint density at radius 1 is 1.39 bits per heavy atom. The van der Waals surface area contributed by atoms with Crippen LogP contribution in [0.3, 0.4) is 0 Å². The molecule has 1 heterocycles. The molecule has 100 valence electrons. The van der Waals surface area contributed by atoms with Gasteiger partial charge in [-0.25, -0.2) is 12.8 Å². The Morgan fingerprint density at radius 3 is 2.78 bits per heavy atom. The van der Waals surface area contributed by atoms with Crippen LogP contribution >= 0.6 is 0 Å². The second kappa shape index (κ2) is 5.36. The van der Waals surface area contributed by atoms with E-state index in [4.69, 9.17) is 0 Å². The van der Waals surface area contributed by atoms with Gasteiger partial charge in [0.05, 0.1) is 11.8 Å². The molecule has 5 heteroatoms. The summed E-state index contributed by atoms with van der Waals surface area (Å²) in [6.07, 6.45) is 2.08. The van der Waals surface area contributed by atoms with E-state index in [1.54, 1.807) is 18.2 Å². The lowest BCUT2D eigenvalue weighted by atomic mass is 10.1. The first kappa shape index (κ1) is 13.5. The van der Waals surface area contributed by atoms with Gasteiger partial charge in [-0.3, -0.25) is 0 Å². The highest BCUT2D eigenvalue weighted by atomic mass is 32.2. The second-order valence-electron chi connectivity index (χ2n) is 4.61. The van der Waals surface area contributed by atoms with E-state index >= 15 is 0 Å². The molecular formula is C13H18FNO2S. The molecule has 1 aliphatic heterocycles. The van der Waals surface area contributed by atoms with Crippen LogP contribution in [0, 0.1) is 5.82 Å². The number of halogens is 1. The van der Waals surface area contributed by atoms with Gasteiger partial charge in [-0.05, 0) is 25.3 Å². The van der Waals surface area contributed by atoms with Gasteiger partial charge in [0.2, 0.25) is 10.0 Å². The Bertz CT molecular complexity index is 515. The van der Waals surface area contributed by atoms with E-state index in [9.17, 15) is 12.8 Å². The van der Waals surface area contributed by atoms with Crippen molar-refractivity contribution in [3.8, 4) is 0 Å². The fourth-order valence-corrected chi connectivity index (χ4v) is 4.27. The van der Waals surface area contributed by atoms with Gasteiger partial charge in [0.1, 0.15) is 5.82 Å². The second-order valence-corrected chi connectivity index (χ2v) is 6.65. The Labute approximate surface area is 108 Å². The van der Waals surface area contributed by atoms with E-state index < -0.39 is 10.0 Å². The van der Waals surface area contributed by atoms with Gasteiger partial charge in [0, 0.05) is 12.1 Å². The summed E-state index contributed by atoms with van der Waals surface area (Å²) in [5.74, 6) is -0.182. The molecule has 0 unspecified atom stereocenters. The Balaban J connectivity index is 2.31. The highest BCUT2D eigenvalue weighted by molar-refractivity contribution is 7.89. The van der Waals surface area contributed by atoms with Crippen LogP contribution in [0.5, 0.6) is 0 Å². The molecule has 0 amide bonds. The smallest absolute Gasteiger partial charge is 0.212 e.